The fourth-order valence-corrected chi connectivity index (χ4v) is 8.57. The number of anilines is 5. The molecule has 49 heavy (non-hydrogen) atoms. The molecule has 0 fully saturated rings. The van der Waals surface area contributed by atoms with Crippen LogP contribution in [0.1, 0.15) is 73.2 Å². The third kappa shape index (κ3) is 4.67. The summed E-state index contributed by atoms with van der Waals surface area (Å²) in [7, 11) is 0. The van der Waals surface area contributed by atoms with E-state index < -0.39 is 0 Å². The maximum atomic E-state index is 4.92. The first-order valence-electron chi connectivity index (χ1n) is 17.6. The number of hydrogen-bond donors (Lipinski definition) is 0. The lowest BCUT2D eigenvalue weighted by molar-refractivity contribution is 0.632. The highest BCUT2D eigenvalue weighted by Gasteiger charge is 2.37. The topological polar surface area (TPSA) is 19.4 Å². The van der Waals surface area contributed by atoms with Crippen LogP contribution in [-0.2, 0) is 17.3 Å². The second-order valence-corrected chi connectivity index (χ2v) is 14.8. The molecule has 3 nitrogen and oxygen atoms in total. The molecule has 3 heterocycles. The first-order chi connectivity index (χ1) is 23.8. The standard InChI is InChI=1S/C46H41N3/c1-45(2)38-14-6-9-17-43(38)49(44-18-10-7-15-39(44)45)35-23-22-33(47-30-35)21-19-31-20-25-36-37-26-24-34(29-41(37)46(3,4)40(36)28-31)48-27-11-13-32-12-5-8-16-42(32)48/h5-10,12,14-26,28-30H,11,13,27H2,1-4H3. The average Bonchev–Trinajstić information content (AvgIpc) is 3.36. The van der Waals surface area contributed by atoms with Crippen LogP contribution in [0, 0.1) is 0 Å². The molecule has 1 aliphatic carbocycles. The highest BCUT2D eigenvalue weighted by molar-refractivity contribution is 5.87. The number of nitrogens with zero attached hydrogens (tertiary/aromatic N) is 3. The molecule has 0 saturated heterocycles. The Kier molecular flexibility index (Phi) is 6.71. The van der Waals surface area contributed by atoms with Gasteiger partial charge in [-0.05, 0) is 106 Å². The van der Waals surface area contributed by atoms with Crippen molar-refractivity contribution in [1.82, 2.24) is 4.98 Å². The second kappa shape index (κ2) is 11.1. The summed E-state index contributed by atoms with van der Waals surface area (Å²) in [5.74, 6) is 0. The van der Waals surface area contributed by atoms with E-state index in [9.17, 15) is 0 Å². The zero-order valence-corrected chi connectivity index (χ0v) is 28.7. The minimum Gasteiger partial charge on any atom is -0.341 e. The summed E-state index contributed by atoms with van der Waals surface area (Å²) >= 11 is 0. The van der Waals surface area contributed by atoms with Gasteiger partial charge < -0.3 is 9.80 Å². The lowest BCUT2D eigenvalue weighted by atomic mass is 9.73. The van der Waals surface area contributed by atoms with Gasteiger partial charge in [0.1, 0.15) is 0 Å². The number of pyridine rings is 1. The van der Waals surface area contributed by atoms with Crippen LogP contribution in [0.4, 0.5) is 28.4 Å². The number of aryl methyl sites for hydroxylation is 1. The second-order valence-electron chi connectivity index (χ2n) is 14.8. The Labute approximate surface area is 290 Å². The SMILES string of the molecule is CC1(C)c2cc(C=Cc3ccc(N4c5ccccc5C(C)(C)c5ccccc54)cn3)ccc2-c2ccc(N3CCCc4ccccc43)cc21. The van der Waals surface area contributed by atoms with Crippen molar-refractivity contribution in [1.29, 1.82) is 0 Å². The van der Waals surface area contributed by atoms with Crippen LogP contribution in [0.5, 0.6) is 0 Å². The van der Waals surface area contributed by atoms with Gasteiger partial charge >= 0.3 is 0 Å². The molecule has 0 amide bonds. The van der Waals surface area contributed by atoms with Crippen molar-refractivity contribution in [3.05, 3.63) is 167 Å². The summed E-state index contributed by atoms with van der Waals surface area (Å²) in [5.41, 5.74) is 17.7. The van der Waals surface area contributed by atoms with Crippen molar-refractivity contribution >= 4 is 40.6 Å². The summed E-state index contributed by atoms with van der Waals surface area (Å²) in [6.07, 6.45) is 8.68. The zero-order chi connectivity index (χ0) is 33.3. The predicted molar refractivity (Wildman–Crippen MR) is 206 cm³/mol. The molecule has 1 aromatic heterocycles. The predicted octanol–water partition coefficient (Wildman–Crippen LogP) is 11.8. The van der Waals surface area contributed by atoms with E-state index in [0.29, 0.717) is 0 Å². The number of fused-ring (bicyclic) bond motifs is 6. The van der Waals surface area contributed by atoms with Crippen LogP contribution in [0.3, 0.4) is 0 Å². The van der Waals surface area contributed by atoms with Crippen molar-refractivity contribution in [2.45, 2.75) is 51.4 Å². The molecular weight excluding hydrogens is 595 g/mol. The maximum Gasteiger partial charge on any atom is 0.0645 e. The van der Waals surface area contributed by atoms with Gasteiger partial charge in [0.05, 0.1) is 29.0 Å². The molecule has 0 atom stereocenters. The molecule has 9 rings (SSSR count). The van der Waals surface area contributed by atoms with Crippen molar-refractivity contribution in [3.8, 4) is 11.1 Å². The first-order valence-corrected chi connectivity index (χ1v) is 17.6. The summed E-state index contributed by atoms with van der Waals surface area (Å²) in [6, 6.07) is 44.7. The van der Waals surface area contributed by atoms with Crippen LogP contribution in [-0.4, -0.2) is 11.5 Å². The summed E-state index contributed by atoms with van der Waals surface area (Å²) in [6.45, 7) is 10.4. The van der Waals surface area contributed by atoms with Crippen molar-refractivity contribution in [2.24, 2.45) is 0 Å². The quantitative estimate of drug-likeness (QED) is 0.192. The normalized spacial score (nSPS) is 16.5. The molecule has 2 aliphatic heterocycles. The Balaban J connectivity index is 0.993. The highest BCUT2D eigenvalue weighted by Crippen LogP contribution is 2.52. The first kappa shape index (κ1) is 29.7. The summed E-state index contributed by atoms with van der Waals surface area (Å²) in [5, 5.41) is 0. The fourth-order valence-electron chi connectivity index (χ4n) is 8.57. The van der Waals surface area contributed by atoms with Gasteiger partial charge in [-0.1, -0.05) is 113 Å². The van der Waals surface area contributed by atoms with E-state index in [-0.39, 0.29) is 10.8 Å². The summed E-state index contributed by atoms with van der Waals surface area (Å²) in [4.78, 5) is 9.78. The Morgan fingerprint density at radius 1 is 0.571 bits per heavy atom. The van der Waals surface area contributed by atoms with E-state index in [2.05, 4.69) is 171 Å². The molecule has 3 aliphatic rings. The smallest absolute Gasteiger partial charge is 0.0645 e. The van der Waals surface area contributed by atoms with Crippen molar-refractivity contribution in [2.75, 3.05) is 16.3 Å². The Hall–Kier alpha value is -5.41. The molecule has 0 bridgehead atoms. The van der Waals surface area contributed by atoms with Crippen LogP contribution >= 0.6 is 0 Å². The van der Waals surface area contributed by atoms with E-state index >= 15 is 0 Å². The van der Waals surface area contributed by atoms with Crippen LogP contribution < -0.4 is 9.80 Å². The van der Waals surface area contributed by atoms with E-state index in [0.717, 1.165) is 24.3 Å². The van der Waals surface area contributed by atoms with Gasteiger partial charge in [0.15, 0.2) is 0 Å². The van der Waals surface area contributed by atoms with Gasteiger partial charge in [-0.3, -0.25) is 4.98 Å². The third-order valence-electron chi connectivity index (χ3n) is 11.2. The van der Waals surface area contributed by atoms with Gasteiger partial charge in [-0.25, -0.2) is 0 Å². The van der Waals surface area contributed by atoms with Crippen LogP contribution in [0.25, 0.3) is 23.3 Å². The highest BCUT2D eigenvalue weighted by atomic mass is 15.2. The molecule has 0 saturated carbocycles. The molecule has 6 aromatic rings. The largest absolute Gasteiger partial charge is 0.341 e. The summed E-state index contributed by atoms with van der Waals surface area (Å²) < 4.78 is 0. The minimum absolute atomic E-state index is 0.0760. The molecular formula is C46H41N3. The van der Waals surface area contributed by atoms with E-state index in [1.165, 1.54) is 73.7 Å². The Morgan fingerprint density at radius 3 is 1.90 bits per heavy atom. The molecule has 0 spiro atoms. The maximum absolute atomic E-state index is 4.92. The van der Waals surface area contributed by atoms with Crippen molar-refractivity contribution in [3.63, 3.8) is 0 Å². The number of rotatable bonds is 4. The fraction of sp³-hybridized carbons (Fsp3) is 0.196. The number of para-hydroxylation sites is 3. The molecule has 5 aromatic carbocycles. The monoisotopic (exact) mass is 635 g/mol. The Morgan fingerprint density at radius 2 is 1.18 bits per heavy atom. The minimum atomic E-state index is -0.0880. The van der Waals surface area contributed by atoms with Crippen molar-refractivity contribution < 1.29 is 0 Å². The van der Waals surface area contributed by atoms with Gasteiger partial charge in [0.2, 0.25) is 0 Å². The van der Waals surface area contributed by atoms with Crippen LogP contribution in [0.2, 0.25) is 0 Å². The van der Waals surface area contributed by atoms with Gasteiger partial charge in [0.25, 0.3) is 0 Å². The third-order valence-corrected chi connectivity index (χ3v) is 11.2. The molecule has 0 N–H and O–H groups in total. The van der Waals surface area contributed by atoms with E-state index in [1.54, 1.807) is 0 Å². The number of hydrogen-bond acceptors (Lipinski definition) is 3. The zero-order valence-electron chi connectivity index (χ0n) is 28.7. The molecule has 240 valence electrons. The molecule has 0 radical (unpaired) electrons. The van der Waals surface area contributed by atoms with E-state index in [1.807, 2.05) is 6.20 Å². The van der Waals surface area contributed by atoms with E-state index in [4.69, 9.17) is 4.98 Å². The van der Waals surface area contributed by atoms with Gasteiger partial charge in [-0.2, -0.15) is 0 Å². The lowest BCUT2D eigenvalue weighted by Gasteiger charge is -2.41. The van der Waals surface area contributed by atoms with Gasteiger partial charge in [-0.15, -0.1) is 0 Å². The molecule has 3 heteroatoms. The molecule has 0 unspecified atom stereocenters. The average molecular weight is 636 g/mol. The lowest BCUT2D eigenvalue weighted by Crippen LogP contribution is -2.30. The van der Waals surface area contributed by atoms with Gasteiger partial charge in [0, 0.05) is 28.7 Å². The number of aromatic nitrogens is 1. The Bertz CT molecular complexity index is 2220. The number of benzene rings is 5. The van der Waals surface area contributed by atoms with Crippen LogP contribution in [0.15, 0.2) is 128 Å².